The van der Waals surface area contributed by atoms with Crippen molar-refractivity contribution in [2.24, 2.45) is 11.7 Å². The van der Waals surface area contributed by atoms with E-state index in [0.717, 1.165) is 18.7 Å². The van der Waals surface area contributed by atoms with Gasteiger partial charge in [0.15, 0.2) is 0 Å². The molecule has 0 spiro atoms. The minimum atomic E-state index is -0.302. The molecular weight excluding hydrogens is 276 g/mol. The molecule has 0 bridgehead atoms. The Morgan fingerprint density at radius 2 is 2.05 bits per heavy atom. The van der Waals surface area contributed by atoms with Crippen molar-refractivity contribution in [3.05, 3.63) is 0 Å². The molecule has 1 saturated carbocycles. The van der Waals surface area contributed by atoms with Crippen LogP contribution < -0.4 is 11.1 Å². The Hall–Kier alpha value is 0.130. The summed E-state index contributed by atoms with van der Waals surface area (Å²) < 4.78 is 0. The van der Waals surface area contributed by atoms with E-state index >= 15 is 0 Å². The Bertz CT molecular complexity index is 277. The Kier molecular flexibility index (Phi) is 6.88. The Morgan fingerprint density at radius 1 is 1.26 bits per heavy atom. The smallest absolute Gasteiger partial charge is 0.236 e. The highest BCUT2D eigenvalue weighted by Gasteiger charge is 2.22. The van der Waals surface area contributed by atoms with E-state index in [0.29, 0.717) is 11.2 Å². The van der Waals surface area contributed by atoms with Gasteiger partial charge in [-0.3, -0.25) is 4.79 Å². The first kappa shape index (κ1) is 15.5. The van der Waals surface area contributed by atoms with Crippen LogP contribution in [0.15, 0.2) is 0 Å². The molecule has 1 aliphatic carbocycles. The third-order valence-corrected chi connectivity index (χ3v) is 6.88. The van der Waals surface area contributed by atoms with Gasteiger partial charge >= 0.3 is 0 Å². The van der Waals surface area contributed by atoms with E-state index in [1.54, 1.807) is 0 Å². The van der Waals surface area contributed by atoms with E-state index in [4.69, 9.17) is 5.73 Å². The summed E-state index contributed by atoms with van der Waals surface area (Å²) in [6, 6.07) is -0.302. The van der Waals surface area contributed by atoms with Crippen molar-refractivity contribution >= 4 is 29.4 Å². The molecule has 0 radical (unpaired) electrons. The van der Waals surface area contributed by atoms with Gasteiger partial charge < -0.3 is 11.1 Å². The van der Waals surface area contributed by atoms with Gasteiger partial charge in [0.2, 0.25) is 5.91 Å². The van der Waals surface area contributed by atoms with E-state index in [9.17, 15) is 4.79 Å². The third-order valence-electron chi connectivity index (χ3n) is 4.04. The maximum absolute atomic E-state index is 12.0. The summed E-state index contributed by atoms with van der Waals surface area (Å²) in [6.07, 6.45) is 7.38. The molecule has 1 amide bonds. The van der Waals surface area contributed by atoms with Crippen molar-refractivity contribution in [1.29, 1.82) is 0 Å². The van der Waals surface area contributed by atoms with Gasteiger partial charge in [0, 0.05) is 29.1 Å². The number of carbonyl (C=O) groups is 1. The molecule has 3 N–H and O–H groups in total. The lowest BCUT2D eigenvalue weighted by molar-refractivity contribution is -0.122. The maximum Gasteiger partial charge on any atom is 0.236 e. The van der Waals surface area contributed by atoms with Crippen LogP contribution in [-0.2, 0) is 4.79 Å². The van der Waals surface area contributed by atoms with Gasteiger partial charge in [-0.05, 0) is 12.3 Å². The van der Waals surface area contributed by atoms with Gasteiger partial charge in [0.1, 0.15) is 0 Å². The first-order chi connectivity index (χ1) is 9.25. The second kappa shape index (κ2) is 8.42. The van der Waals surface area contributed by atoms with Gasteiger partial charge in [-0.2, -0.15) is 23.5 Å². The fourth-order valence-electron chi connectivity index (χ4n) is 2.89. The van der Waals surface area contributed by atoms with Crippen molar-refractivity contribution in [2.75, 3.05) is 23.8 Å². The summed E-state index contributed by atoms with van der Waals surface area (Å²) in [4.78, 5) is 12.0. The minimum absolute atomic E-state index is 0.0572. The molecule has 0 aromatic carbocycles. The molecule has 110 valence electrons. The summed E-state index contributed by atoms with van der Waals surface area (Å²) in [5, 5.41) is 3.62. The fourth-order valence-corrected chi connectivity index (χ4v) is 5.50. The number of carbonyl (C=O) groups excluding carboxylic acids is 1. The van der Waals surface area contributed by atoms with Gasteiger partial charge in [0.05, 0.1) is 6.04 Å². The third kappa shape index (κ3) is 5.56. The number of rotatable bonds is 5. The normalized spacial score (nSPS) is 26.9. The molecule has 2 aliphatic rings. The van der Waals surface area contributed by atoms with Crippen LogP contribution in [0.4, 0.5) is 0 Å². The van der Waals surface area contributed by atoms with Gasteiger partial charge in [-0.1, -0.05) is 32.1 Å². The first-order valence-corrected chi connectivity index (χ1v) is 9.68. The van der Waals surface area contributed by atoms with Crippen LogP contribution in [0.3, 0.4) is 0 Å². The molecule has 2 rings (SSSR count). The predicted molar refractivity (Wildman–Crippen MR) is 85.7 cm³/mol. The highest BCUT2D eigenvalue weighted by molar-refractivity contribution is 8.06. The predicted octanol–water partition coefficient (Wildman–Crippen LogP) is 2.25. The maximum atomic E-state index is 12.0. The van der Waals surface area contributed by atoms with Crippen molar-refractivity contribution in [1.82, 2.24) is 5.32 Å². The first-order valence-electron chi connectivity index (χ1n) is 7.48. The van der Waals surface area contributed by atoms with Crippen LogP contribution in [0.25, 0.3) is 0 Å². The van der Waals surface area contributed by atoms with E-state index in [-0.39, 0.29) is 11.9 Å². The van der Waals surface area contributed by atoms with E-state index in [1.807, 2.05) is 23.5 Å². The molecule has 3 nitrogen and oxygen atoms in total. The number of nitrogens with two attached hydrogens (primary N) is 1. The Morgan fingerprint density at radius 3 is 2.74 bits per heavy atom. The Labute approximate surface area is 125 Å². The van der Waals surface area contributed by atoms with E-state index < -0.39 is 0 Å². The molecule has 2 unspecified atom stereocenters. The van der Waals surface area contributed by atoms with Crippen LogP contribution in [-0.4, -0.2) is 41.0 Å². The van der Waals surface area contributed by atoms with Gasteiger partial charge in [-0.15, -0.1) is 0 Å². The molecule has 2 fully saturated rings. The molecule has 0 aromatic rings. The zero-order chi connectivity index (χ0) is 13.5. The SMILES string of the molecule is NC(CC1CCCCC1)C(=O)NCC1CSCCS1. The number of amides is 1. The topological polar surface area (TPSA) is 55.1 Å². The van der Waals surface area contributed by atoms with Gasteiger partial charge in [0.25, 0.3) is 0 Å². The largest absolute Gasteiger partial charge is 0.354 e. The van der Waals surface area contributed by atoms with Crippen LogP contribution >= 0.6 is 23.5 Å². The zero-order valence-corrected chi connectivity index (χ0v) is 13.2. The van der Waals surface area contributed by atoms with Crippen LogP contribution in [0.5, 0.6) is 0 Å². The lowest BCUT2D eigenvalue weighted by Crippen LogP contribution is -2.44. The number of thioether (sulfide) groups is 2. The quantitative estimate of drug-likeness (QED) is 0.818. The molecule has 1 aliphatic heterocycles. The summed E-state index contributed by atoms with van der Waals surface area (Å²) >= 11 is 3.96. The molecule has 0 aromatic heterocycles. The minimum Gasteiger partial charge on any atom is -0.354 e. The molecule has 2 atom stereocenters. The van der Waals surface area contributed by atoms with Crippen LogP contribution in [0.2, 0.25) is 0 Å². The van der Waals surface area contributed by atoms with Gasteiger partial charge in [-0.25, -0.2) is 0 Å². The molecule has 5 heteroatoms. The second-order valence-corrected chi connectivity index (χ2v) is 8.22. The zero-order valence-electron chi connectivity index (χ0n) is 11.6. The standard InChI is InChI=1S/C14H26N2OS2/c15-13(8-11-4-2-1-3-5-11)14(17)16-9-12-10-18-6-7-19-12/h11-13H,1-10,15H2,(H,16,17). The van der Waals surface area contributed by atoms with E-state index in [1.165, 1.54) is 43.6 Å². The molecular formula is C14H26N2OS2. The second-order valence-electron chi connectivity index (χ2n) is 5.66. The monoisotopic (exact) mass is 302 g/mol. The summed E-state index contributed by atoms with van der Waals surface area (Å²) in [5.74, 6) is 4.34. The van der Waals surface area contributed by atoms with Crippen LogP contribution in [0.1, 0.15) is 38.5 Å². The number of nitrogens with one attached hydrogen (secondary N) is 1. The average molecular weight is 303 g/mol. The number of hydrogen-bond donors (Lipinski definition) is 2. The highest BCUT2D eigenvalue weighted by Crippen LogP contribution is 2.27. The molecule has 1 heterocycles. The van der Waals surface area contributed by atoms with Crippen LogP contribution in [0, 0.1) is 5.92 Å². The van der Waals surface area contributed by atoms with Crippen molar-refractivity contribution in [3.63, 3.8) is 0 Å². The average Bonchev–Trinajstić information content (AvgIpc) is 2.47. The van der Waals surface area contributed by atoms with Crippen molar-refractivity contribution in [2.45, 2.75) is 49.8 Å². The summed E-state index contributed by atoms with van der Waals surface area (Å²) in [5.41, 5.74) is 6.04. The highest BCUT2D eigenvalue weighted by atomic mass is 32.2. The number of hydrogen-bond acceptors (Lipinski definition) is 4. The fraction of sp³-hybridized carbons (Fsp3) is 0.929. The lowest BCUT2D eigenvalue weighted by atomic mass is 9.85. The summed E-state index contributed by atoms with van der Waals surface area (Å²) in [6.45, 7) is 0.787. The summed E-state index contributed by atoms with van der Waals surface area (Å²) in [7, 11) is 0. The Balaban J connectivity index is 1.63. The molecule has 1 saturated heterocycles. The lowest BCUT2D eigenvalue weighted by Gasteiger charge is -2.25. The van der Waals surface area contributed by atoms with E-state index in [2.05, 4.69) is 5.32 Å². The molecule has 19 heavy (non-hydrogen) atoms. The van der Waals surface area contributed by atoms with Crippen molar-refractivity contribution < 1.29 is 4.79 Å². The van der Waals surface area contributed by atoms with Crippen molar-refractivity contribution in [3.8, 4) is 0 Å².